The molecule has 0 spiro atoms. The zero-order valence-corrected chi connectivity index (χ0v) is 44.2. The lowest BCUT2D eigenvalue weighted by atomic mass is 10.0. The van der Waals surface area contributed by atoms with Crippen LogP contribution >= 0.6 is 0 Å². The van der Waals surface area contributed by atoms with Crippen molar-refractivity contribution in [2.24, 2.45) is 0 Å². The number of aliphatic hydroxyl groups is 2. The summed E-state index contributed by atoms with van der Waals surface area (Å²) in [7, 11) is 0. The number of unbranched alkanes of at least 4 members (excludes halogenated alkanes) is 37. The van der Waals surface area contributed by atoms with E-state index in [2.05, 4.69) is 55.6 Å². The van der Waals surface area contributed by atoms with Gasteiger partial charge in [0.25, 0.3) is 0 Å². The van der Waals surface area contributed by atoms with Gasteiger partial charge in [-0.1, -0.05) is 249 Å². The Kier molecular flexibility index (Phi) is 54.1. The van der Waals surface area contributed by atoms with Crippen LogP contribution in [0.2, 0.25) is 0 Å². The molecule has 0 fully saturated rings. The van der Waals surface area contributed by atoms with Gasteiger partial charge in [0.2, 0.25) is 5.91 Å². The van der Waals surface area contributed by atoms with E-state index in [1.54, 1.807) is 0 Å². The second-order valence-corrected chi connectivity index (χ2v) is 20.0. The minimum atomic E-state index is -0.685. The summed E-state index contributed by atoms with van der Waals surface area (Å²) in [5.41, 5.74) is 0. The third-order valence-electron chi connectivity index (χ3n) is 13.4. The number of amides is 1. The first-order valence-corrected chi connectivity index (χ1v) is 29.2. The molecular weight excluding hydrogens is 815 g/mol. The van der Waals surface area contributed by atoms with E-state index in [1.165, 1.54) is 180 Å². The number of rotatable bonds is 54. The van der Waals surface area contributed by atoms with Gasteiger partial charge in [-0.3, -0.25) is 9.59 Å². The lowest BCUT2D eigenvalue weighted by molar-refractivity contribution is -0.143. The van der Waals surface area contributed by atoms with Crippen molar-refractivity contribution < 1.29 is 24.5 Å². The van der Waals surface area contributed by atoms with E-state index < -0.39 is 12.1 Å². The molecule has 0 saturated heterocycles. The fourth-order valence-corrected chi connectivity index (χ4v) is 8.90. The van der Waals surface area contributed by atoms with Crippen LogP contribution in [0.4, 0.5) is 0 Å². The van der Waals surface area contributed by atoms with Crippen molar-refractivity contribution in [3.05, 3.63) is 36.5 Å². The molecule has 1 amide bonds. The quantitative estimate of drug-likeness (QED) is 0.0321. The molecule has 0 aliphatic carbocycles. The first-order chi connectivity index (χ1) is 32.5. The van der Waals surface area contributed by atoms with Gasteiger partial charge in [-0.25, -0.2) is 0 Å². The highest BCUT2D eigenvalue weighted by molar-refractivity contribution is 5.76. The predicted molar refractivity (Wildman–Crippen MR) is 287 cm³/mol. The number of allylic oxidation sites excluding steroid dienone is 6. The van der Waals surface area contributed by atoms with E-state index in [4.69, 9.17) is 4.74 Å². The number of nitrogens with one attached hydrogen (secondary N) is 1. The second-order valence-electron chi connectivity index (χ2n) is 20.0. The lowest BCUT2D eigenvalue weighted by Crippen LogP contribution is -2.45. The highest BCUT2D eigenvalue weighted by Crippen LogP contribution is 2.17. The van der Waals surface area contributed by atoms with Crippen molar-refractivity contribution in [2.45, 2.75) is 321 Å². The summed E-state index contributed by atoms with van der Waals surface area (Å²) in [4.78, 5) is 24.5. The van der Waals surface area contributed by atoms with Crippen molar-refractivity contribution in [3.63, 3.8) is 0 Å². The van der Waals surface area contributed by atoms with Gasteiger partial charge in [-0.2, -0.15) is 0 Å². The first kappa shape index (κ1) is 64.1. The van der Waals surface area contributed by atoms with Crippen LogP contribution in [0.15, 0.2) is 36.5 Å². The zero-order chi connectivity index (χ0) is 47.9. The number of esters is 1. The van der Waals surface area contributed by atoms with Gasteiger partial charge in [0.15, 0.2) is 0 Å². The van der Waals surface area contributed by atoms with Gasteiger partial charge in [0.1, 0.15) is 0 Å². The average molecular weight is 929 g/mol. The van der Waals surface area contributed by atoms with Crippen molar-refractivity contribution >= 4 is 11.9 Å². The van der Waals surface area contributed by atoms with Crippen LogP contribution in [-0.4, -0.2) is 47.4 Å². The molecule has 6 heteroatoms. The minimum absolute atomic E-state index is 0.0447. The van der Waals surface area contributed by atoms with Crippen LogP contribution in [0.1, 0.15) is 309 Å². The highest BCUT2D eigenvalue weighted by Gasteiger charge is 2.20. The molecule has 0 heterocycles. The number of carbonyl (C=O) groups excluding carboxylic acids is 2. The molecule has 0 aromatic rings. The van der Waals surface area contributed by atoms with Crippen molar-refractivity contribution in [1.82, 2.24) is 5.32 Å². The Morgan fingerprint density at radius 2 is 0.758 bits per heavy atom. The summed E-state index contributed by atoms with van der Waals surface area (Å²) in [5.74, 6) is -0.107. The molecule has 66 heavy (non-hydrogen) atoms. The number of ether oxygens (including phenoxy) is 1. The molecule has 2 atom stereocenters. The number of hydrogen-bond acceptors (Lipinski definition) is 5. The van der Waals surface area contributed by atoms with E-state index in [0.717, 1.165) is 96.3 Å². The molecule has 0 aliphatic rings. The molecule has 0 aromatic carbocycles. The minimum Gasteiger partial charge on any atom is -0.466 e. The Morgan fingerprint density at radius 1 is 0.424 bits per heavy atom. The van der Waals surface area contributed by atoms with Crippen LogP contribution in [0.3, 0.4) is 0 Å². The average Bonchev–Trinajstić information content (AvgIpc) is 3.32. The molecule has 388 valence electrons. The van der Waals surface area contributed by atoms with E-state index in [-0.39, 0.29) is 18.5 Å². The van der Waals surface area contributed by atoms with Gasteiger partial charge >= 0.3 is 5.97 Å². The Hall–Kier alpha value is -1.92. The summed E-state index contributed by atoms with van der Waals surface area (Å²) < 4.78 is 5.44. The molecule has 3 N–H and O–H groups in total. The third-order valence-corrected chi connectivity index (χ3v) is 13.4. The standard InChI is InChI=1S/C60H113NO5/c1-3-5-7-9-11-13-15-17-19-20-21-22-23-24-25-26-28-29-32-36-40-44-48-52-58(63)57(56-62)61-59(64)53-49-45-41-37-33-31-35-39-43-47-51-55-66-60(65)54-50-46-42-38-34-30-27-18-16-14-12-10-8-6-4-2/h12,14,18,27,35,39,57-58,62-63H,3-11,13,15-17,19-26,28-34,36-38,40-56H2,1-2H3,(H,61,64)/b14-12-,27-18-,39-35-. The molecule has 6 nitrogen and oxygen atoms in total. The summed E-state index contributed by atoms with van der Waals surface area (Å²) in [6, 6.07) is -0.565. The van der Waals surface area contributed by atoms with Gasteiger partial charge in [-0.15, -0.1) is 0 Å². The fraction of sp³-hybridized carbons (Fsp3) is 0.867. The number of aliphatic hydroxyl groups excluding tert-OH is 2. The fourth-order valence-electron chi connectivity index (χ4n) is 8.90. The Labute approximate surface area is 411 Å². The molecule has 0 saturated carbocycles. The van der Waals surface area contributed by atoms with Gasteiger partial charge < -0.3 is 20.3 Å². The summed E-state index contributed by atoms with van der Waals surface area (Å²) in [6.45, 7) is 4.86. The SMILES string of the molecule is CCCCC/C=C\C/C=C\CCCCCCCC(=O)OCCCC/C=C\CCCCCCCC(=O)NC(CO)C(O)CCCCCCCCCCCCCCCCCCCCCCCCC. The van der Waals surface area contributed by atoms with E-state index in [9.17, 15) is 19.8 Å². The smallest absolute Gasteiger partial charge is 0.305 e. The van der Waals surface area contributed by atoms with E-state index in [0.29, 0.717) is 25.9 Å². The van der Waals surface area contributed by atoms with Crippen LogP contribution in [0.5, 0.6) is 0 Å². The summed E-state index contributed by atoms with van der Waals surface area (Å²) in [5, 5.41) is 23.3. The normalized spacial score (nSPS) is 12.8. The van der Waals surface area contributed by atoms with Crippen LogP contribution in [0, 0.1) is 0 Å². The van der Waals surface area contributed by atoms with Gasteiger partial charge in [0.05, 0.1) is 25.4 Å². The zero-order valence-electron chi connectivity index (χ0n) is 44.2. The van der Waals surface area contributed by atoms with Crippen LogP contribution in [-0.2, 0) is 14.3 Å². The largest absolute Gasteiger partial charge is 0.466 e. The second kappa shape index (κ2) is 55.7. The topological polar surface area (TPSA) is 95.9 Å². The predicted octanol–water partition coefficient (Wildman–Crippen LogP) is 18.0. The summed E-state index contributed by atoms with van der Waals surface area (Å²) in [6.07, 6.45) is 68.5. The maximum absolute atomic E-state index is 12.5. The third kappa shape index (κ3) is 51.5. The van der Waals surface area contributed by atoms with E-state index >= 15 is 0 Å². The van der Waals surface area contributed by atoms with Gasteiger partial charge in [0, 0.05) is 12.8 Å². The molecule has 0 radical (unpaired) electrons. The Balaban J connectivity index is 3.51. The number of hydrogen-bond donors (Lipinski definition) is 3. The molecule has 0 bridgehead atoms. The molecule has 0 aromatic heterocycles. The van der Waals surface area contributed by atoms with Crippen LogP contribution < -0.4 is 5.32 Å². The first-order valence-electron chi connectivity index (χ1n) is 29.2. The monoisotopic (exact) mass is 928 g/mol. The Bertz CT molecular complexity index is 1070. The molecular formula is C60H113NO5. The molecule has 0 rings (SSSR count). The van der Waals surface area contributed by atoms with Crippen molar-refractivity contribution in [3.8, 4) is 0 Å². The van der Waals surface area contributed by atoms with Crippen molar-refractivity contribution in [2.75, 3.05) is 13.2 Å². The van der Waals surface area contributed by atoms with Gasteiger partial charge in [-0.05, 0) is 83.5 Å². The van der Waals surface area contributed by atoms with E-state index in [1.807, 2.05) is 0 Å². The maximum atomic E-state index is 12.5. The van der Waals surface area contributed by atoms with Crippen LogP contribution in [0.25, 0.3) is 0 Å². The maximum Gasteiger partial charge on any atom is 0.305 e. The van der Waals surface area contributed by atoms with Crippen molar-refractivity contribution in [1.29, 1.82) is 0 Å². The highest BCUT2D eigenvalue weighted by atomic mass is 16.5. The lowest BCUT2D eigenvalue weighted by Gasteiger charge is -2.22. The number of carbonyl (C=O) groups is 2. The molecule has 0 aliphatic heterocycles. The molecule has 2 unspecified atom stereocenters. The Morgan fingerprint density at radius 3 is 1.20 bits per heavy atom. The summed E-state index contributed by atoms with van der Waals surface area (Å²) >= 11 is 0.